The summed E-state index contributed by atoms with van der Waals surface area (Å²) in [7, 11) is 1.49. The quantitative estimate of drug-likeness (QED) is 0.801. The Morgan fingerprint density at radius 3 is 3.04 bits per heavy atom. The summed E-state index contributed by atoms with van der Waals surface area (Å²) in [6.45, 7) is 2.99. The van der Waals surface area contributed by atoms with Crippen LogP contribution in [0.2, 0.25) is 0 Å². The van der Waals surface area contributed by atoms with Crippen LogP contribution in [-0.4, -0.2) is 41.7 Å². The summed E-state index contributed by atoms with van der Waals surface area (Å²) in [5, 5.41) is 1.23. The third-order valence-corrected chi connectivity index (χ3v) is 6.54. The van der Waals surface area contributed by atoms with Crippen LogP contribution in [0, 0.1) is 11.8 Å². The van der Waals surface area contributed by atoms with E-state index in [1.54, 1.807) is 0 Å². The van der Waals surface area contributed by atoms with E-state index in [1.165, 1.54) is 23.8 Å². The number of fused-ring (bicyclic) bond motifs is 6. The summed E-state index contributed by atoms with van der Waals surface area (Å²) < 4.78 is 10.9. The Hall–Kier alpha value is -2.27. The zero-order chi connectivity index (χ0) is 17.8. The Bertz CT molecular complexity index is 887. The standard InChI is InChI=1S/C21H24N2O3/c1-12-16-11-23-18(9-13(16)7-8-26-12)20-15(10-19(23)21(24)25-2)14-5-3-4-6-17(14)22-20/h3-8,12-13,16,18-19,22H,9-11H2,1-2H3/t12-,13-,16-,18-,19-/m0/s1. The number of carbonyl (C=O) groups is 1. The van der Waals surface area contributed by atoms with Crippen LogP contribution in [0.25, 0.3) is 10.9 Å². The van der Waals surface area contributed by atoms with Crippen LogP contribution in [0.3, 0.4) is 0 Å². The molecule has 0 amide bonds. The highest BCUT2D eigenvalue weighted by molar-refractivity contribution is 5.87. The van der Waals surface area contributed by atoms with Crippen LogP contribution < -0.4 is 0 Å². The number of ether oxygens (including phenoxy) is 2. The second-order valence-corrected chi connectivity index (χ2v) is 7.75. The summed E-state index contributed by atoms with van der Waals surface area (Å²) in [6, 6.07) is 8.38. The van der Waals surface area contributed by atoms with Crippen molar-refractivity contribution in [1.82, 2.24) is 9.88 Å². The Labute approximate surface area is 153 Å². The molecule has 0 saturated carbocycles. The van der Waals surface area contributed by atoms with Gasteiger partial charge in [-0.2, -0.15) is 0 Å². The van der Waals surface area contributed by atoms with Gasteiger partial charge in [0.05, 0.1) is 25.5 Å². The Kier molecular flexibility index (Phi) is 3.60. The second kappa shape index (κ2) is 5.88. The Morgan fingerprint density at radius 2 is 2.19 bits per heavy atom. The molecule has 0 spiro atoms. The lowest BCUT2D eigenvalue weighted by Crippen LogP contribution is -2.56. The molecule has 3 aliphatic rings. The summed E-state index contributed by atoms with van der Waals surface area (Å²) >= 11 is 0. The number of aromatic nitrogens is 1. The molecule has 4 heterocycles. The van der Waals surface area contributed by atoms with Gasteiger partial charge in [0.25, 0.3) is 0 Å². The van der Waals surface area contributed by atoms with Gasteiger partial charge in [0.2, 0.25) is 0 Å². The number of methoxy groups -OCH3 is 1. The van der Waals surface area contributed by atoms with Gasteiger partial charge in [-0.25, -0.2) is 0 Å². The number of benzene rings is 1. The predicted molar refractivity (Wildman–Crippen MR) is 98.5 cm³/mol. The first-order valence-corrected chi connectivity index (χ1v) is 9.42. The molecule has 0 radical (unpaired) electrons. The highest BCUT2D eigenvalue weighted by atomic mass is 16.5. The van der Waals surface area contributed by atoms with Crippen molar-refractivity contribution < 1.29 is 14.3 Å². The van der Waals surface area contributed by atoms with Gasteiger partial charge in [-0.1, -0.05) is 18.2 Å². The lowest BCUT2D eigenvalue weighted by molar-refractivity contribution is -0.151. The highest BCUT2D eigenvalue weighted by Gasteiger charge is 2.48. The number of esters is 1. The van der Waals surface area contributed by atoms with Gasteiger partial charge >= 0.3 is 5.97 Å². The van der Waals surface area contributed by atoms with Gasteiger partial charge in [-0.15, -0.1) is 0 Å². The van der Waals surface area contributed by atoms with E-state index in [0.717, 1.165) is 18.5 Å². The number of carbonyl (C=O) groups excluding carboxylic acids is 1. The maximum absolute atomic E-state index is 12.6. The summed E-state index contributed by atoms with van der Waals surface area (Å²) in [5.74, 6) is 0.759. The minimum atomic E-state index is -0.226. The highest BCUT2D eigenvalue weighted by Crippen LogP contribution is 2.47. The molecule has 5 nitrogen and oxygen atoms in total. The third-order valence-electron chi connectivity index (χ3n) is 6.54. The molecule has 136 valence electrons. The van der Waals surface area contributed by atoms with Crippen molar-refractivity contribution in [3.8, 4) is 0 Å². The van der Waals surface area contributed by atoms with Crippen LogP contribution in [0.4, 0.5) is 0 Å². The number of rotatable bonds is 1. The fraction of sp³-hybridized carbons (Fsp3) is 0.476. The van der Waals surface area contributed by atoms with Crippen LogP contribution in [-0.2, 0) is 20.7 Å². The number of hydrogen-bond donors (Lipinski definition) is 1. The molecular formula is C21H24N2O3. The number of aromatic amines is 1. The van der Waals surface area contributed by atoms with E-state index in [9.17, 15) is 4.79 Å². The first-order valence-electron chi connectivity index (χ1n) is 9.42. The van der Waals surface area contributed by atoms with Crippen molar-refractivity contribution in [1.29, 1.82) is 0 Å². The third kappa shape index (κ3) is 2.23. The molecule has 26 heavy (non-hydrogen) atoms. The van der Waals surface area contributed by atoms with Crippen LogP contribution in [0.5, 0.6) is 0 Å². The van der Waals surface area contributed by atoms with Crippen molar-refractivity contribution in [2.24, 2.45) is 11.8 Å². The SMILES string of the molecule is COC(=O)[C@@H]1Cc2c([nH]c3ccccc23)[C@@H]2C[C@@H]3C=CO[C@@H](C)[C@@H]3CN12. The molecule has 1 N–H and O–H groups in total. The maximum Gasteiger partial charge on any atom is 0.323 e. The van der Waals surface area contributed by atoms with E-state index in [-0.39, 0.29) is 24.2 Å². The van der Waals surface area contributed by atoms with Gasteiger partial charge in [0.1, 0.15) is 6.04 Å². The molecule has 3 aliphatic heterocycles. The number of piperidine rings is 1. The van der Waals surface area contributed by atoms with Gasteiger partial charge < -0.3 is 14.5 Å². The van der Waals surface area contributed by atoms with Crippen LogP contribution in [0.15, 0.2) is 36.6 Å². The minimum absolute atomic E-state index is 0.135. The van der Waals surface area contributed by atoms with E-state index in [4.69, 9.17) is 9.47 Å². The van der Waals surface area contributed by atoms with Crippen molar-refractivity contribution in [2.75, 3.05) is 13.7 Å². The molecule has 0 bridgehead atoms. The molecule has 1 aromatic carbocycles. The number of H-pyrrole nitrogens is 1. The average Bonchev–Trinajstić information content (AvgIpc) is 3.05. The van der Waals surface area contributed by atoms with Gasteiger partial charge in [-0.05, 0) is 37.0 Å². The monoisotopic (exact) mass is 352 g/mol. The van der Waals surface area contributed by atoms with Gasteiger partial charge in [0.15, 0.2) is 0 Å². The molecule has 0 unspecified atom stereocenters. The zero-order valence-electron chi connectivity index (χ0n) is 15.1. The van der Waals surface area contributed by atoms with Crippen molar-refractivity contribution in [2.45, 2.75) is 38.0 Å². The van der Waals surface area contributed by atoms with Gasteiger partial charge in [0, 0.05) is 35.5 Å². The molecule has 1 fully saturated rings. The van der Waals surface area contributed by atoms with E-state index in [2.05, 4.69) is 47.1 Å². The first kappa shape index (κ1) is 15.9. The minimum Gasteiger partial charge on any atom is -0.498 e. The number of allylic oxidation sites excluding steroid dienone is 1. The van der Waals surface area contributed by atoms with Crippen LogP contribution in [0.1, 0.15) is 30.6 Å². The van der Waals surface area contributed by atoms with E-state index in [0.29, 0.717) is 18.3 Å². The molecule has 5 heteroatoms. The normalized spacial score (nSPS) is 33.1. The van der Waals surface area contributed by atoms with E-state index >= 15 is 0 Å². The molecule has 2 aromatic rings. The van der Waals surface area contributed by atoms with Crippen molar-refractivity contribution >= 4 is 16.9 Å². The molecule has 5 rings (SSSR count). The summed E-state index contributed by atoms with van der Waals surface area (Å²) in [6.07, 6.45) is 5.93. The molecular weight excluding hydrogens is 328 g/mol. The number of nitrogens with one attached hydrogen (secondary N) is 1. The van der Waals surface area contributed by atoms with Crippen molar-refractivity contribution in [3.63, 3.8) is 0 Å². The Balaban J connectivity index is 1.62. The fourth-order valence-electron chi connectivity index (χ4n) is 5.18. The zero-order valence-corrected chi connectivity index (χ0v) is 15.1. The summed E-state index contributed by atoms with van der Waals surface area (Å²) in [5.41, 5.74) is 3.71. The average molecular weight is 352 g/mol. The lowest BCUT2D eigenvalue weighted by atomic mass is 9.74. The maximum atomic E-state index is 12.6. The largest absolute Gasteiger partial charge is 0.498 e. The fourth-order valence-corrected chi connectivity index (χ4v) is 5.18. The number of nitrogens with zero attached hydrogens (tertiary/aromatic N) is 1. The van der Waals surface area contributed by atoms with Crippen molar-refractivity contribution in [3.05, 3.63) is 47.9 Å². The molecule has 0 aliphatic carbocycles. The van der Waals surface area contributed by atoms with E-state index in [1.807, 2.05) is 6.26 Å². The molecule has 1 aromatic heterocycles. The first-order chi connectivity index (χ1) is 12.7. The predicted octanol–water partition coefficient (Wildman–Crippen LogP) is 3.18. The lowest BCUT2D eigenvalue weighted by Gasteiger charge is -2.50. The topological polar surface area (TPSA) is 54.6 Å². The van der Waals surface area contributed by atoms with Gasteiger partial charge in [-0.3, -0.25) is 9.69 Å². The smallest absolute Gasteiger partial charge is 0.323 e. The van der Waals surface area contributed by atoms with Crippen LogP contribution >= 0.6 is 0 Å². The molecule has 1 saturated heterocycles. The summed E-state index contributed by atoms with van der Waals surface area (Å²) in [4.78, 5) is 18.6. The molecule has 5 atom stereocenters. The Morgan fingerprint density at radius 1 is 1.35 bits per heavy atom. The van der Waals surface area contributed by atoms with E-state index < -0.39 is 0 Å². The number of hydrogen-bond acceptors (Lipinski definition) is 4. The second-order valence-electron chi connectivity index (χ2n) is 7.75. The number of para-hydroxylation sites is 1.